The van der Waals surface area contributed by atoms with Gasteiger partial charge in [0.1, 0.15) is 0 Å². The van der Waals surface area contributed by atoms with Crippen molar-refractivity contribution in [3.8, 4) is 0 Å². The van der Waals surface area contributed by atoms with E-state index in [1.165, 1.54) is 4.88 Å². The molecule has 1 N–H and O–H groups in total. The van der Waals surface area contributed by atoms with Crippen LogP contribution in [0.25, 0.3) is 0 Å². The maximum atomic E-state index is 12.4. The lowest BCUT2D eigenvalue weighted by atomic mass is 10.2. The number of urea groups is 1. The minimum Gasteiger partial charge on any atom is -0.334 e. The van der Waals surface area contributed by atoms with Crippen LogP contribution in [0.2, 0.25) is 0 Å². The van der Waals surface area contributed by atoms with Crippen molar-refractivity contribution in [1.29, 1.82) is 0 Å². The summed E-state index contributed by atoms with van der Waals surface area (Å²) in [6.07, 6.45) is 2.81. The van der Waals surface area contributed by atoms with Gasteiger partial charge < -0.3 is 10.2 Å². The molecule has 1 aromatic rings. The van der Waals surface area contributed by atoms with E-state index >= 15 is 0 Å². The first-order chi connectivity index (χ1) is 10.1. The van der Waals surface area contributed by atoms with Crippen molar-refractivity contribution < 1.29 is 4.79 Å². The highest BCUT2D eigenvalue weighted by Crippen LogP contribution is 2.15. The van der Waals surface area contributed by atoms with E-state index in [4.69, 9.17) is 0 Å². The fraction of sp³-hybridized carbons (Fsp3) is 0.562. The van der Waals surface area contributed by atoms with Gasteiger partial charge in [-0.3, -0.25) is 4.90 Å². The number of thiophene rings is 1. The van der Waals surface area contributed by atoms with Crippen molar-refractivity contribution >= 4 is 17.4 Å². The van der Waals surface area contributed by atoms with Gasteiger partial charge in [0.2, 0.25) is 0 Å². The first kappa shape index (κ1) is 16.0. The molecular formula is C16H25N3OS. The lowest BCUT2D eigenvalue weighted by Crippen LogP contribution is -2.45. The molecule has 1 aromatic heterocycles. The molecular weight excluding hydrogens is 282 g/mol. The molecule has 116 valence electrons. The van der Waals surface area contributed by atoms with Gasteiger partial charge in [-0.25, -0.2) is 4.79 Å². The molecule has 5 heteroatoms. The quantitative estimate of drug-likeness (QED) is 0.820. The lowest BCUT2D eigenvalue weighted by Gasteiger charge is -2.24. The predicted molar refractivity (Wildman–Crippen MR) is 88.6 cm³/mol. The second-order valence-corrected chi connectivity index (χ2v) is 6.80. The van der Waals surface area contributed by atoms with E-state index in [0.29, 0.717) is 19.1 Å². The molecule has 1 fully saturated rings. The molecule has 0 bridgehead atoms. The third kappa shape index (κ3) is 4.58. The zero-order chi connectivity index (χ0) is 15.2. The Morgan fingerprint density at radius 3 is 3.05 bits per heavy atom. The molecule has 2 heterocycles. The summed E-state index contributed by atoms with van der Waals surface area (Å²) in [5.74, 6) is 0. The maximum absolute atomic E-state index is 12.4. The van der Waals surface area contributed by atoms with E-state index in [-0.39, 0.29) is 12.1 Å². The number of nitrogens with zero attached hydrogens (tertiary/aromatic N) is 2. The molecule has 0 saturated carbocycles. The molecule has 2 amide bonds. The average molecular weight is 307 g/mol. The van der Waals surface area contributed by atoms with E-state index in [0.717, 1.165) is 19.5 Å². The van der Waals surface area contributed by atoms with E-state index in [1.54, 1.807) is 17.4 Å². The monoisotopic (exact) mass is 307 g/mol. The normalized spacial score (nSPS) is 18.9. The summed E-state index contributed by atoms with van der Waals surface area (Å²) in [6, 6.07) is 4.89. The molecule has 21 heavy (non-hydrogen) atoms. The van der Waals surface area contributed by atoms with Crippen LogP contribution >= 0.6 is 11.3 Å². The molecule has 1 aliphatic heterocycles. The van der Waals surface area contributed by atoms with Gasteiger partial charge in [-0.05, 0) is 31.7 Å². The number of carbonyl (C=O) groups excluding carboxylic acids is 1. The van der Waals surface area contributed by atoms with Gasteiger partial charge in [0.15, 0.2) is 0 Å². The molecule has 0 radical (unpaired) electrons. The Balaban J connectivity index is 1.88. The second-order valence-electron chi connectivity index (χ2n) is 5.77. The number of nitrogens with one attached hydrogen (secondary N) is 1. The van der Waals surface area contributed by atoms with Crippen LogP contribution in [0.3, 0.4) is 0 Å². The van der Waals surface area contributed by atoms with Crippen LogP contribution in [-0.2, 0) is 6.54 Å². The molecule has 1 unspecified atom stereocenters. The number of rotatable bonds is 6. The smallest absolute Gasteiger partial charge is 0.318 e. The highest BCUT2D eigenvalue weighted by molar-refractivity contribution is 7.09. The number of amides is 2. The SMILES string of the molecule is C=CCN(Cc1cccs1)C(=O)NC1CCN(C(C)C)C1. The van der Waals surface area contributed by atoms with Gasteiger partial charge in [0.05, 0.1) is 6.54 Å². The number of hydrogen-bond donors (Lipinski definition) is 1. The van der Waals surface area contributed by atoms with Gasteiger partial charge in [0, 0.05) is 36.6 Å². The highest BCUT2D eigenvalue weighted by atomic mass is 32.1. The molecule has 1 saturated heterocycles. The summed E-state index contributed by atoms with van der Waals surface area (Å²) in [5, 5.41) is 5.20. The highest BCUT2D eigenvalue weighted by Gasteiger charge is 2.26. The van der Waals surface area contributed by atoms with Crippen LogP contribution in [0.5, 0.6) is 0 Å². The van der Waals surface area contributed by atoms with E-state index < -0.39 is 0 Å². The van der Waals surface area contributed by atoms with Gasteiger partial charge in [-0.2, -0.15) is 0 Å². The van der Waals surface area contributed by atoms with E-state index in [2.05, 4.69) is 36.7 Å². The van der Waals surface area contributed by atoms with Crippen molar-refractivity contribution in [3.63, 3.8) is 0 Å². The summed E-state index contributed by atoms with van der Waals surface area (Å²) in [7, 11) is 0. The van der Waals surface area contributed by atoms with Gasteiger partial charge >= 0.3 is 6.03 Å². The molecule has 0 aromatic carbocycles. The van der Waals surface area contributed by atoms with Gasteiger partial charge in [0.25, 0.3) is 0 Å². The minimum absolute atomic E-state index is 0.0129. The third-order valence-electron chi connectivity index (χ3n) is 3.84. The molecule has 1 aliphatic rings. The lowest BCUT2D eigenvalue weighted by molar-refractivity contribution is 0.196. The Morgan fingerprint density at radius 2 is 2.48 bits per heavy atom. The minimum atomic E-state index is 0.0129. The molecule has 2 rings (SSSR count). The fourth-order valence-corrected chi connectivity index (χ4v) is 3.33. The third-order valence-corrected chi connectivity index (χ3v) is 4.70. The summed E-state index contributed by atoms with van der Waals surface area (Å²) < 4.78 is 0. The van der Waals surface area contributed by atoms with E-state index in [9.17, 15) is 4.79 Å². The Bertz CT molecular complexity index is 458. The van der Waals surface area contributed by atoms with Gasteiger partial charge in [-0.15, -0.1) is 17.9 Å². The fourth-order valence-electron chi connectivity index (χ4n) is 2.61. The summed E-state index contributed by atoms with van der Waals surface area (Å²) >= 11 is 1.68. The Kier molecular flexibility index (Phi) is 5.82. The van der Waals surface area contributed by atoms with Crippen LogP contribution in [0.4, 0.5) is 4.79 Å². The summed E-state index contributed by atoms with van der Waals surface area (Å²) in [6.45, 7) is 11.4. The average Bonchev–Trinajstić information content (AvgIpc) is 3.09. The first-order valence-electron chi connectivity index (χ1n) is 7.53. The van der Waals surface area contributed by atoms with Crippen LogP contribution < -0.4 is 5.32 Å². The number of hydrogen-bond acceptors (Lipinski definition) is 3. The largest absolute Gasteiger partial charge is 0.334 e. The molecule has 1 atom stereocenters. The van der Waals surface area contributed by atoms with Crippen molar-refractivity contribution in [2.45, 2.75) is 38.9 Å². The van der Waals surface area contributed by atoms with Crippen molar-refractivity contribution in [2.24, 2.45) is 0 Å². The van der Waals surface area contributed by atoms with E-state index in [1.807, 2.05) is 16.3 Å². The molecule has 4 nitrogen and oxygen atoms in total. The van der Waals surface area contributed by atoms with Gasteiger partial charge in [-0.1, -0.05) is 12.1 Å². The number of likely N-dealkylation sites (tertiary alicyclic amines) is 1. The van der Waals surface area contributed by atoms with Crippen molar-refractivity contribution in [1.82, 2.24) is 15.1 Å². The second kappa shape index (κ2) is 7.61. The first-order valence-corrected chi connectivity index (χ1v) is 8.41. The predicted octanol–water partition coefficient (Wildman–Crippen LogP) is 2.93. The van der Waals surface area contributed by atoms with Crippen LogP contribution in [0.15, 0.2) is 30.2 Å². The molecule has 0 spiro atoms. The van der Waals surface area contributed by atoms with Crippen LogP contribution in [0, 0.1) is 0 Å². The van der Waals surface area contributed by atoms with Crippen molar-refractivity contribution in [2.75, 3.05) is 19.6 Å². The zero-order valence-electron chi connectivity index (χ0n) is 12.9. The summed E-state index contributed by atoms with van der Waals surface area (Å²) in [4.78, 5) is 17.9. The Hall–Kier alpha value is -1.33. The number of carbonyl (C=O) groups is 1. The Morgan fingerprint density at radius 1 is 1.67 bits per heavy atom. The molecule has 0 aliphatic carbocycles. The van der Waals surface area contributed by atoms with Crippen molar-refractivity contribution in [3.05, 3.63) is 35.0 Å². The maximum Gasteiger partial charge on any atom is 0.318 e. The standard InChI is InChI=1S/C16H25N3OS/c1-4-8-19(12-15-6-5-10-21-15)16(20)17-14-7-9-18(11-14)13(2)3/h4-6,10,13-14H,1,7-9,11-12H2,2-3H3,(H,17,20). The summed E-state index contributed by atoms with van der Waals surface area (Å²) in [5.41, 5.74) is 0. The topological polar surface area (TPSA) is 35.6 Å². The zero-order valence-corrected chi connectivity index (χ0v) is 13.7. The Labute approximate surface area is 131 Å². The van der Waals surface area contributed by atoms with Crippen LogP contribution in [0.1, 0.15) is 25.1 Å². The van der Waals surface area contributed by atoms with Crippen LogP contribution in [-0.4, -0.2) is 47.5 Å².